The maximum absolute atomic E-state index is 11.6. The predicted octanol–water partition coefficient (Wildman–Crippen LogP) is 0.0199. The van der Waals surface area contributed by atoms with Crippen LogP contribution in [0.4, 0.5) is 0 Å². The summed E-state index contributed by atoms with van der Waals surface area (Å²) in [5.41, 5.74) is 0. The van der Waals surface area contributed by atoms with Gasteiger partial charge in [-0.1, -0.05) is 6.92 Å². The van der Waals surface area contributed by atoms with Gasteiger partial charge in [0.15, 0.2) is 0 Å². The molecule has 78 valence electrons. The van der Waals surface area contributed by atoms with Crippen molar-refractivity contribution < 1.29 is 8.42 Å². The molecule has 0 aromatic heterocycles. The van der Waals surface area contributed by atoms with E-state index in [1.165, 1.54) is 0 Å². The minimum Gasteiger partial charge on any atom is -0.313 e. The summed E-state index contributed by atoms with van der Waals surface area (Å²) >= 11 is 0. The molecule has 1 aliphatic rings. The number of hydrogen-bond donors (Lipinski definition) is 1. The molecule has 0 saturated carbocycles. The molecule has 5 heteroatoms. The minimum absolute atomic E-state index is 0.259. The molecule has 0 aromatic carbocycles. The zero-order chi connectivity index (χ0) is 9.90. The van der Waals surface area contributed by atoms with Crippen LogP contribution in [0.25, 0.3) is 0 Å². The van der Waals surface area contributed by atoms with Gasteiger partial charge >= 0.3 is 0 Å². The van der Waals surface area contributed by atoms with Gasteiger partial charge in [0.25, 0.3) is 0 Å². The van der Waals surface area contributed by atoms with Crippen LogP contribution in [0, 0.1) is 0 Å². The fourth-order valence-electron chi connectivity index (χ4n) is 1.54. The van der Waals surface area contributed by atoms with Crippen molar-refractivity contribution in [1.29, 1.82) is 0 Å². The normalized spacial score (nSPS) is 30.8. The number of rotatable bonds is 1. The second-order valence-electron chi connectivity index (χ2n) is 3.48. The van der Waals surface area contributed by atoms with Crippen molar-refractivity contribution in [3.8, 4) is 0 Å². The summed E-state index contributed by atoms with van der Waals surface area (Å²) in [4.78, 5) is 0. The minimum atomic E-state index is -2.97. The van der Waals surface area contributed by atoms with Gasteiger partial charge in [0, 0.05) is 19.1 Å². The first kappa shape index (κ1) is 10.9. The lowest BCUT2D eigenvalue weighted by Crippen LogP contribution is -2.46. The van der Waals surface area contributed by atoms with Gasteiger partial charge in [-0.05, 0) is 19.9 Å². The fraction of sp³-hybridized carbons (Fsp3) is 1.00. The van der Waals surface area contributed by atoms with Crippen LogP contribution in [0.15, 0.2) is 0 Å². The number of nitrogens with one attached hydrogen (secondary N) is 1. The SMILES string of the molecule is CCN1CC(C)NCCCS1(=O)=O. The lowest BCUT2D eigenvalue weighted by molar-refractivity contribution is 0.364. The van der Waals surface area contributed by atoms with Gasteiger partial charge < -0.3 is 5.32 Å². The summed E-state index contributed by atoms with van der Waals surface area (Å²) in [5.74, 6) is 0.278. The average Bonchev–Trinajstić information content (AvgIpc) is 2.06. The van der Waals surface area contributed by atoms with Gasteiger partial charge in [-0.3, -0.25) is 0 Å². The molecule has 1 fully saturated rings. The Morgan fingerprint density at radius 3 is 2.85 bits per heavy atom. The third kappa shape index (κ3) is 2.93. The summed E-state index contributed by atoms with van der Waals surface area (Å²) in [7, 11) is -2.97. The molecular weight excluding hydrogens is 188 g/mol. The molecule has 0 spiro atoms. The first-order valence-corrected chi connectivity index (χ1v) is 6.38. The Morgan fingerprint density at radius 1 is 1.54 bits per heavy atom. The van der Waals surface area contributed by atoms with Crippen molar-refractivity contribution >= 4 is 10.0 Å². The number of sulfonamides is 1. The zero-order valence-corrected chi connectivity index (χ0v) is 9.10. The second kappa shape index (κ2) is 4.39. The third-order valence-electron chi connectivity index (χ3n) is 2.30. The smallest absolute Gasteiger partial charge is 0.214 e. The molecule has 0 aromatic rings. The summed E-state index contributed by atoms with van der Waals surface area (Å²) in [6.07, 6.45) is 0.711. The van der Waals surface area contributed by atoms with E-state index in [1.54, 1.807) is 4.31 Å². The summed E-state index contributed by atoms with van der Waals surface area (Å²) in [6.45, 7) is 5.88. The van der Waals surface area contributed by atoms with Crippen molar-refractivity contribution in [2.75, 3.05) is 25.4 Å². The van der Waals surface area contributed by atoms with E-state index in [0.29, 0.717) is 19.5 Å². The molecule has 1 unspecified atom stereocenters. The molecule has 1 rings (SSSR count). The molecule has 0 radical (unpaired) electrons. The molecule has 13 heavy (non-hydrogen) atoms. The van der Waals surface area contributed by atoms with Crippen molar-refractivity contribution in [2.24, 2.45) is 0 Å². The number of hydrogen-bond acceptors (Lipinski definition) is 3. The Balaban J connectivity index is 2.73. The summed E-state index contributed by atoms with van der Waals surface area (Å²) in [5, 5.41) is 3.28. The van der Waals surface area contributed by atoms with Crippen molar-refractivity contribution in [1.82, 2.24) is 9.62 Å². The standard InChI is InChI=1S/C8H18N2O2S/c1-3-10-7-8(2)9-5-4-6-13(10,11)12/h8-9H,3-7H2,1-2H3. The van der Waals surface area contributed by atoms with E-state index in [9.17, 15) is 8.42 Å². The Hall–Kier alpha value is -0.130. The van der Waals surface area contributed by atoms with Crippen molar-refractivity contribution in [3.05, 3.63) is 0 Å². The molecule has 0 amide bonds. The van der Waals surface area contributed by atoms with Gasteiger partial charge in [-0.25, -0.2) is 12.7 Å². The highest BCUT2D eigenvalue weighted by Gasteiger charge is 2.23. The van der Waals surface area contributed by atoms with Gasteiger partial charge in [-0.2, -0.15) is 0 Å². The molecule has 4 nitrogen and oxygen atoms in total. The second-order valence-corrected chi connectivity index (χ2v) is 5.56. The van der Waals surface area contributed by atoms with E-state index in [0.717, 1.165) is 6.54 Å². The van der Waals surface area contributed by atoms with Gasteiger partial charge in [-0.15, -0.1) is 0 Å². The summed E-state index contributed by atoms with van der Waals surface area (Å²) in [6, 6.07) is 0.259. The Morgan fingerprint density at radius 2 is 2.23 bits per heavy atom. The first-order valence-electron chi connectivity index (χ1n) is 4.77. The van der Waals surface area contributed by atoms with Gasteiger partial charge in [0.1, 0.15) is 0 Å². The van der Waals surface area contributed by atoms with E-state index in [2.05, 4.69) is 5.32 Å². The molecule has 1 saturated heterocycles. The Labute approximate surface area is 80.4 Å². The van der Waals surface area contributed by atoms with Crippen molar-refractivity contribution in [2.45, 2.75) is 26.3 Å². The zero-order valence-electron chi connectivity index (χ0n) is 8.28. The van der Waals surface area contributed by atoms with Crippen LogP contribution in [-0.2, 0) is 10.0 Å². The molecular formula is C8H18N2O2S. The molecule has 1 heterocycles. The fourth-order valence-corrected chi connectivity index (χ4v) is 3.15. The van der Waals surface area contributed by atoms with Crippen LogP contribution >= 0.6 is 0 Å². The molecule has 0 bridgehead atoms. The van der Waals surface area contributed by atoms with Crippen LogP contribution < -0.4 is 5.32 Å². The van der Waals surface area contributed by atoms with Crippen LogP contribution in [-0.4, -0.2) is 44.2 Å². The molecule has 1 atom stereocenters. The van der Waals surface area contributed by atoms with E-state index < -0.39 is 10.0 Å². The topological polar surface area (TPSA) is 49.4 Å². The highest BCUT2D eigenvalue weighted by atomic mass is 32.2. The van der Waals surface area contributed by atoms with E-state index in [1.807, 2.05) is 13.8 Å². The maximum atomic E-state index is 11.6. The molecule has 0 aliphatic carbocycles. The van der Waals surface area contributed by atoms with Crippen molar-refractivity contribution in [3.63, 3.8) is 0 Å². The third-order valence-corrected chi connectivity index (χ3v) is 4.29. The highest BCUT2D eigenvalue weighted by molar-refractivity contribution is 7.89. The van der Waals surface area contributed by atoms with E-state index >= 15 is 0 Å². The highest BCUT2D eigenvalue weighted by Crippen LogP contribution is 2.06. The Kier molecular flexibility index (Phi) is 3.70. The molecule has 1 N–H and O–H groups in total. The largest absolute Gasteiger partial charge is 0.313 e. The predicted molar refractivity (Wildman–Crippen MR) is 53.1 cm³/mol. The lowest BCUT2D eigenvalue weighted by Gasteiger charge is -2.27. The first-order chi connectivity index (χ1) is 6.06. The number of nitrogens with zero attached hydrogens (tertiary/aromatic N) is 1. The van der Waals surface area contributed by atoms with Crippen LogP contribution in [0.2, 0.25) is 0 Å². The van der Waals surface area contributed by atoms with Crippen LogP contribution in [0.5, 0.6) is 0 Å². The average molecular weight is 206 g/mol. The van der Waals surface area contributed by atoms with Crippen LogP contribution in [0.3, 0.4) is 0 Å². The monoisotopic (exact) mass is 206 g/mol. The van der Waals surface area contributed by atoms with E-state index in [-0.39, 0.29) is 11.8 Å². The van der Waals surface area contributed by atoms with Crippen LogP contribution in [0.1, 0.15) is 20.3 Å². The lowest BCUT2D eigenvalue weighted by atomic mass is 10.3. The Bertz CT molecular complexity index is 251. The maximum Gasteiger partial charge on any atom is 0.214 e. The number of likely N-dealkylation sites (N-methyl/N-ethyl adjacent to an activating group) is 1. The summed E-state index contributed by atoms with van der Waals surface area (Å²) < 4.78 is 24.8. The van der Waals surface area contributed by atoms with E-state index in [4.69, 9.17) is 0 Å². The van der Waals surface area contributed by atoms with Gasteiger partial charge in [0.05, 0.1) is 5.75 Å². The van der Waals surface area contributed by atoms with Gasteiger partial charge in [0.2, 0.25) is 10.0 Å². The quantitative estimate of drug-likeness (QED) is 0.658. The molecule has 1 aliphatic heterocycles.